The molecule has 1 nitrogen and oxygen atoms in total. The molecule has 1 saturated heterocycles. The highest BCUT2D eigenvalue weighted by molar-refractivity contribution is 9.08. The maximum atomic E-state index is 13.2. The van der Waals surface area contributed by atoms with Crippen LogP contribution in [-0.2, 0) is 11.5 Å². The van der Waals surface area contributed by atoms with Gasteiger partial charge in [0.25, 0.3) is 0 Å². The molecule has 0 radical (unpaired) electrons. The molecule has 19 heavy (non-hydrogen) atoms. The van der Waals surface area contributed by atoms with Crippen LogP contribution in [0.5, 0.6) is 0 Å². The number of thioether (sulfide) groups is 1. The average molecular weight is 354 g/mol. The maximum Gasteiger partial charge on any atom is 0.418 e. The Hall–Kier alpha value is -0.360. The first kappa shape index (κ1) is 15.0. The molecule has 0 spiro atoms. The Balaban J connectivity index is 2.38. The first-order valence-electron chi connectivity index (χ1n) is 6.04. The van der Waals surface area contributed by atoms with E-state index in [9.17, 15) is 13.2 Å². The van der Waals surface area contributed by atoms with Gasteiger partial charge in [0.2, 0.25) is 0 Å². The number of hydrogen-bond donors (Lipinski definition) is 0. The van der Waals surface area contributed by atoms with E-state index in [4.69, 9.17) is 0 Å². The van der Waals surface area contributed by atoms with Crippen LogP contribution in [-0.4, -0.2) is 24.1 Å². The maximum absolute atomic E-state index is 13.2. The topological polar surface area (TPSA) is 3.24 Å². The molecule has 1 unspecified atom stereocenters. The molecule has 106 valence electrons. The highest BCUT2D eigenvalue weighted by Gasteiger charge is 2.35. The standard InChI is InChI=1S/C13H15BrF3NS/c1-9-8-18(4-5-19-9)12-3-2-10(7-14)6-11(12)13(15,16)17/h2-3,6,9H,4-5,7-8H2,1H3. The molecule has 1 heterocycles. The van der Waals surface area contributed by atoms with Gasteiger partial charge in [-0.25, -0.2) is 0 Å². The van der Waals surface area contributed by atoms with Crippen LogP contribution < -0.4 is 4.90 Å². The molecular weight excluding hydrogens is 339 g/mol. The Kier molecular flexibility index (Phi) is 4.71. The third-order valence-corrected chi connectivity index (χ3v) is 4.89. The van der Waals surface area contributed by atoms with E-state index in [0.717, 1.165) is 5.75 Å². The van der Waals surface area contributed by atoms with Crippen molar-refractivity contribution in [3.05, 3.63) is 29.3 Å². The molecule has 1 aromatic rings. The summed E-state index contributed by atoms with van der Waals surface area (Å²) < 4.78 is 39.5. The molecule has 0 bridgehead atoms. The second kappa shape index (κ2) is 5.95. The Morgan fingerprint density at radius 3 is 2.74 bits per heavy atom. The third kappa shape index (κ3) is 3.60. The lowest BCUT2D eigenvalue weighted by Crippen LogP contribution is -2.37. The van der Waals surface area contributed by atoms with Crippen molar-refractivity contribution in [2.24, 2.45) is 0 Å². The second-order valence-electron chi connectivity index (χ2n) is 4.61. The minimum Gasteiger partial charge on any atom is -0.369 e. The summed E-state index contributed by atoms with van der Waals surface area (Å²) in [5, 5.41) is 0.800. The Morgan fingerprint density at radius 2 is 2.16 bits per heavy atom. The molecule has 2 rings (SSSR count). The van der Waals surface area contributed by atoms with E-state index >= 15 is 0 Å². The van der Waals surface area contributed by atoms with Crippen molar-refractivity contribution in [3.63, 3.8) is 0 Å². The predicted octanol–water partition coefficient (Wildman–Crippen LogP) is 4.54. The summed E-state index contributed by atoms with van der Waals surface area (Å²) in [6.45, 7) is 3.39. The summed E-state index contributed by atoms with van der Waals surface area (Å²) in [6, 6.07) is 4.60. The quantitative estimate of drug-likeness (QED) is 0.718. The van der Waals surface area contributed by atoms with E-state index in [1.165, 1.54) is 6.07 Å². The lowest BCUT2D eigenvalue weighted by atomic mass is 10.1. The number of rotatable bonds is 2. The molecule has 1 aliphatic heterocycles. The molecule has 0 aliphatic carbocycles. The van der Waals surface area contributed by atoms with Crippen LogP contribution in [0.25, 0.3) is 0 Å². The minimum absolute atomic E-state index is 0.310. The summed E-state index contributed by atoms with van der Waals surface area (Å²) in [7, 11) is 0. The molecule has 1 fully saturated rings. The van der Waals surface area contributed by atoms with Crippen LogP contribution >= 0.6 is 27.7 Å². The summed E-state index contributed by atoms with van der Waals surface area (Å²) >= 11 is 5.01. The number of alkyl halides is 4. The average Bonchev–Trinajstić information content (AvgIpc) is 2.37. The van der Waals surface area contributed by atoms with Crippen LogP contribution in [0.3, 0.4) is 0 Å². The van der Waals surface area contributed by atoms with Crippen LogP contribution in [0.4, 0.5) is 18.9 Å². The van der Waals surface area contributed by atoms with Crippen molar-refractivity contribution >= 4 is 33.4 Å². The number of nitrogens with zero attached hydrogens (tertiary/aromatic N) is 1. The number of hydrogen-bond acceptors (Lipinski definition) is 2. The zero-order chi connectivity index (χ0) is 14.0. The van der Waals surface area contributed by atoms with E-state index in [1.54, 1.807) is 12.1 Å². The molecule has 1 aliphatic rings. The van der Waals surface area contributed by atoms with Crippen LogP contribution in [0.2, 0.25) is 0 Å². The van der Waals surface area contributed by atoms with Crippen molar-refractivity contribution in [2.75, 3.05) is 23.7 Å². The zero-order valence-electron chi connectivity index (χ0n) is 10.5. The van der Waals surface area contributed by atoms with Gasteiger partial charge in [-0.1, -0.05) is 28.9 Å². The van der Waals surface area contributed by atoms with Gasteiger partial charge in [-0.2, -0.15) is 24.9 Å². The van der Waals surface area contributed by atoms with E-state index in [-0.39, 0.29) is 0 Å². The Bertz CT molecular complexity index is 450. The van der Waals surface area contributed by atoms with Crippen molar-refractivity contribution in [1.29, 1.82) is 0 Å². The van der Waals surface area contributed by atoms with Crippen LogP contribution in [0.15, 0.2) is 18.2 Å². The monoisotopic (exact) mass is 353 g/mol. The Labute approximate surface area is 123 Å². The van der Waals surface area contributed by atoms with E-state index in [2.05, 4.69) is 22.9 Å². The van der Waals surface area contributed by atoms with Crippen molar-refractivity contribution in [3.8, 4) is 0 Å². The van der Waals surface area contributed by atoms with Gasteiger partial charge in [-0.3, -0.25) is 0 Å². The van der Waals surface area contributed by atoms with Gasteiger partial charge in [-0.15, -0.1) is 0 Å². The van der Waals surface area contributed by atoms with Crippen molar-refractivity contribution in [2.45, 2.75) is 23.7 Å². The number of benzene rings is 1. The van der Waals surface area contributed by atoms with Crippen molar-refractivity contribution in [1.82, 2.24) is 0 Å². The van der Waals surface area contributed by atoms with E-state index in [0.29, 0.717) is 34.9 Å². The van der Waals surface area contributed by atoms with Gasteiger partial charge >= 0.3 is 6.18 Å². The highest BCUT2D eigenvalue weighted by atomic mass is 79.9. The smallest absolute Gasteiger partial charge is 0.369 e. The Morgan fingerprint density at radius 1 is 1.42 bits per heavy atom. The summed E-state index contributed by atoms with van der Waals surface area (Å²) in [6.07, 6.45) is -4.30. The lowest BCUT2D eigenvalue weighted by molar-refractivity contribution is -0.137. The fourth-order valence-electron chi connectivity index (χ4n) is 2.21. The first-order valence-corrected chi connectivity index (χ1v) is 8.21. The fourth-order valence-corrected chi connectivity index (χ4v) is 3.57. The normalized spacial score (nSPS) is 20.7. The van der Waals surface area contributed by atoms with Crippen LogP contribution in [0.1, 0.15) is 18.1 Å². The predicted molar refractivity (Wildman–Crippen MR) is 78.2 cm³/mol. The largest absolute Gasteiger partial charge is 0.418 e. The molecular formula is C13H15BrF3NS. The lowest BCUT2D eigenvalue weighted by Gasteiger charge is -2.34. The SMILES string of the molecule is CC1CN(c2ccc(CBr)cc2C(F)(F)F)CCS1. The number of halogens is 4. The minimum atomic E-state index is -4.30. The fraction of sp³-hybridized carbons (Fsp3) is 0.538. The zero-order valence-corrected chi connectivity index (χ0v) is 12.9. The molecule has 0 N–H and O–H groups in total. The summed E-state index contributed by atoms with van der Waals surface area (Å²) in [5.41, 5.74) is 0.434. The van der Waals surface area contributed by atoms with E-state index < -0.39 is 11.7 Å². The van der Waals surface area contributed by atoms with Gasteiger partial charge in [-0.05, 0) is 17.7 Å². The number of anilines is 1. The molecule has 6 heteroatoms. The van der Waals surface area contributed by atoms with Gasteiger partial charge in [0.15, 0.2) is 0 Å². The molecule has 0 amide bonds. The molecule has 1 atom stereocenters. The van der Waals surface area contributed by atoms with Crippen LogP contribution in [0, 0.1) is 0 Å². The molecule has 0 saturated carbocycles. The first-order chi connectivity index (χ1) is 8.91. The van der Waals surface area contributed by atoms with Gasteiger partial charge in [0, 0.05) is 35.1 Å². The van der Waals surface area contributed by atoms with Gasteiger partial charge in [0.1, 0.15) is 0 Å². The summed E-state index contributed by atoms with van der Waals surface area (Å²) in [4.78, 5) is 1.85. The van der Waals surface area contributed by atoms with Gasteiger partial charge in [0.05, 0.1) is 5.56 Å². The third-order valence-electron chi connectivity index (χ3n) is 3.10. The molecule has 0 aromatic heterocycles. The van der Waals surface area contributed by atoms with E-state index in [1.807, 2.05) is 16.7 Å². The van der Waals surface area contributed by atoms with Gasteiger partial charge < -0.3 is 4.90 Å². The second-order valence-corrected chi connectivity index (χ2v) is 6.72. The summed E-state index contributed by atoms with van der Waals surface area (Å²) in [5.74, 6) is 0.874. The molecule has 1 aromatic carbocycles. The highest BCUT2D eigenvalue weighted by Crippen LogP contribution is 2.38. The van der Waals surface area contributed by atoms with Crippen molar-refractivity contribution < 1.29 is 13.2 Å².